The number of para-hydroxylation sites is 2. The van der Waals surface area contributed by atoms with Crippen LogP contribution in [0.25, 0.3) is 0 Å². The standard InChI is InChI=1S/C30H29FN2O6/c31-20-12-10-19(11-13-20)28(29(34)32-21-6-2-1-3-7-21)33(22-14-15-24-26(16-22)38-18-37-24)30(35)27-17-36-23-8-4-5-9-25(23)39-27/h4-5,8-16,21,27-28H,1-3,6-7,17-18H2,(H,32,34)/t27-,28+/m0/s1. The van der Waals surface area contributed by atoms with E-state index in [0.29, 0.717) is 34.2 Å². The maximum Gasteiger partial charge on any atom is 0.272 e. The summed E-state index contributed by atoms with van der Waals surface area (Å²) in [6, 6.07) is 16.7. The highest BCUT2D eigenvalue weighted by atomic mass is 19.1. The molecule has 0 aromatic heterocycles. The van der Waals surface area contributed by atoms with Gasteiger partial charge in [-0.15, -0.1) is 0 Å². The van der Waals surface area contributed by atoms with Crippen LogP contribution in [0.4, 0.5) is 10.1 Å². The van der Waals surface area contributed by atoms with Crippen LogP contribution in [0.5, 0.6) is 23.0 Å². The molecule has 1 saturated carbocycles. The Balaban J connectivity index is 1.41. The number of hydrogen-bond acceptors (Lipinski definition) is 6. The summed E-state index contributed by atoms with van der Waals surface area (Å²) >= 11 is 0. The molecule has 2 amide bonds. The first-order chi connectivity index (χ1) is 19.1. The zero-order chi connectivity index (χ0) is 26.8. The summed E-state index contributed by atoms with van der Waals surface area (Å²) in [6.45, 7) is 0.0317. The predicted molar refractivity (Wildman–Crippen MR) is 141 cm³/mol. The summed E-state index contributed by atoms with van der Waals surface area (Å²) in [5, 5.41) is 3.15. The molecule has 6 rings (SSSR count). The van der Waals surface area contributed by atoms with Gasteiger partial charge in [0.25, 0.3) is 5.91 Å². The lowest BCUT2D eigenvalue weighted by Crippen LogP contribution is -2.52. The monoisotopic (exact) mass is 532 g/mol. The van der Waals surface area contributed by atoms with Crippen molar-refractivity contribution < 1.29 is 32.9 Å². The van der Waals surface area contributed by atoms with Gasteiger partial charge in [0, 0.05) is 17.8 Å². The number of carbonyl (C=O) groups is 2. The number of rotatable bonds is 6. The molecule has 3 aromatic rings. The Bertz CT molecular complexity index is 1360. The van der Waals surface area contributed by atoms with Gasteiger partial charge in [-0.25, -0.2) is 4.39 Å². The molecule has 1 fully saturated rings. The lowest BCUT2D eigenvalue weighted by molar-refractivity contribution is -0.132. The molecule has 1 aliphatic carbocycles. The van der Waals surface area contributed by atoms with Crippen LogP contribution in [0.2, 0.25) is 0 Å². The fourth-order valence-corrected chi connectivity index (χ4v) is 5.32. The van der Waals surface area contributed by atoms with Gasteiger partial charge in [0.15, 0.2) is 23.0 Å². The first kappa shape index (κ1) is 25.0. The molecule has 0 saturated heterocycles. The molecule has 2 heterocycles. The summed E-state index contributed by atoms with van der Waals surface area (Å²) < 4.78 is 36.9. The van der Waals surface area contributed by atoms with Crippen LogP contribution < -0.4 is 29.2 Å². The van der Waals surface area contributed by atoms with Crippen molar-refractivity contribution in [3.05, 3.63) is 78.1 Å². The lowest BCUT2D eigenvalue weighted by Gasteiger charge is -2.36. The van der Waals surface area contributed by atoms with Crippen molar-refractivity contribution in [3.63, 3.8) is 0 Å². The predicted octanol–water partition coefficient (Wildman–Crippen LogP) is 4.92. The van der Waals surface area contributed by atoms with Crippen LogP contribution in [0.1, 0.15) is 43.7 Å². The molecule has 2 aliphatic heterocycles. The molecule has 9 heteroatoms. The van der Waals surface area contributed by atoms with E-state index in [-0.39, 0.29) is 25.3 Å². The number of hydrogen-bond donors (Lipinski definition) is 1. The molecular weight excluding hydrogens is 503 g/mol. The fraction of sp³-hybridized carbons (Fsp3) is 0.333. The molecule has 0 spiro atoms. The number of carbonyl (C=O) groups excluding carboxylic acids is 2. The van der Waals surface area contributed by atoms with E-state index < -0.39 is 23.9 Å². The summed E-state index contributed by atoms with van der Waals surface area (Å²) in [6.07, 6.45) is 3.92. The number of amides is 2. The normalized spacial score (nSPS) is 18.7. The number of halogens is 1. The summed E-state index contributed by atoms with van der Waals surface area (Å²) in [4.78, 5) is 29.7. The minimum atomic E-state index is -1.10. The highest BCUT2D eigenvalue weighted by Gasteiger charge is 2.40. The first-order valence-electron chi connectivity index (χ1n) is 13.2. The molecule has 0 bridgehead atoms. The average Bonchev–Trinajstić information content (AvgIpc) is 3.44. The van der Waals surface area contributed by atoms with Crippen LogP contribution in [0, 0.1) is 5.82 Å². The van der Waals surface area contributed by atoms with Gasteiger partial charge in [-0.3, -0.25) is 14.5 Å². The minimum absolute atomic E-state index is 0.00375. The van der Waals surface area contributed by atoms with Gasteiger partial charge in [0.2, 0.25) is 18.8 Å². The van der Waals surface area contributed by atoms with E-state index in [1.165, 1.54) is 29.2 Å². The lowest BCUT2D eigenvalue weighted by atomic mass is 9.94. The number of fused-ring (bicyclic) bond motifs is 2. The van der Waals surface area contributed by atoms with Gasteiger partial charge in [-0.2, -0.15) is 0 Å². The third kappa shape index (κ3) is 5.21. The molecule has 3 aliphatic rings. The van der Waals surface area contributed by atoms with Gasteiger partial charge in [0.05, 0.1) is 0 Å². The Kier molecular flexibility index (Phi) is 6.96. The van der Waals surface area contributed by atoms with Crippen LogP contribution in [-0.2, 0) is 9.59 Å². The Labute approximate surface area is 225 Å². The molecule has 3 aromatic carbocycles. The van der Waals surface area contributed by atoms with Crippen LogP contribution in [0.3, 0.4) is 0 Å². The topological polar surface area (TPSA) is 86.3 Å². The second kappa shape index (κ2) is 10.8. The molecule has 0 radical (unpaired) electrons. The fourth-order valence-electron chi connectivity index (χ4n) is 5.32. The summed E-state index contributed by atoms with van der Waals surface area (Å²) in [7, 11) is 0. The third-order valence-electron chi connectivity index (χ3n) is 7.30. The smallest absolute Gasteiger partial charge is 0.272 e. The molecule has 1 N–H and O–H groups in total. The first-order valence-corrected chi connectivity index (χ1v) is 13.2. The number of benzene rings is 3. The van der Waals surface area contributed by atoms with E-state index in [1.807, 2.05) is 6.07 Å². The van der Waals surface area contributed by atoms with Crippen molar-refractivity contribution in [2.24, 2.45) is 0 Å². The second-order valence-corrected chi connectivity index (χ2v) is 9.91. The quantitative estimate of drug-likeness (QED) is 0.485. The molecule has 8 nitrogen and oxygen atoms in total. The highest BCUT2D eigenvalue weighted by Crippen LogP contribution is 2.39. The number of nitrogens with zero attached hydrogens (tertiary/aromatic N) is 1. The van der Waals surface area contributed by atoms with Crippen LogP contribution >= 0.6 is 0 Å². The molecule has 0 unspecified atom stereocenters. The van der Waals surface area contributed by atoms with E-state index in [1.54, 1.807) is 36.4 Å². The SMILES string of the molecule is O=C(NC1CCCCC1)[C@@H](c1ccc(F)cc1)N(C(=O)[C@@H]1COc2ccccc2O1)c1ccc2c(c1)OCO2. The van der Waals surface area contributed by atoms with E-state index in [0.717, 1.165) is 32.1 Å². The van der Waals surface area contributed by atoms with Crippen molar-refractivity contribution in [2.45, 2.75) is 50.3 Å². The largest absolute Gasteiger partial charge is 0.485 e. The maximum absolute atomic E-state index is 14.3. The summed E-state index contributed by atoms with van der Waals surface area (Å²) in [5.41, 5.74) is 0.882. The van der Waals surface area contributed by atoms with Crippen molar-refractivity contribution in [1.29, 1.82) is 0 Å². The summed E-state index contributed by atoms with van der Waals surface area (Å²) in [5.74, 6) is 0.725. The third-order valence-corrected chi connectivity index (χ3v) is 7.30. The van der Waals surface area contributed by atoms with Crippen molar-refractivity contribution in [2.75, 3.05) is 18.3 Å². The number of nitrogens with one attached hydrogen (secondary N) is 1. The van der Waals surface area contributed by atoms with E-state index in [9.17, 15) is 14.0 Å². The maximum atomic E-state index is 14.3. The minimum Gasteiger partial charge on any atom is -0.485 e. The van der Waals surface area contributed by atoms with Gasteiger partial charge >= 0.3 is 0 Å². The van der Waals surface area contributed by atoms with E-state index in [4.69, 9.17) is 18.9 Å². The number of anilines is 1. The zero-order valence-corrected chi connectivity index (χ0v) is 21.3. The Morgan fingerprint density at radius 3 is 2.36 bits per heavy atom. The number of ether oxygens (including phenoxy) is 4. The van der Waals surface area contributed by atoms with Crippen LogP contribution in [-0.4, -0.2) is 37.4 Å². The van der Waals surface area contributed by atoms with Gasteiger partial charge < -0.3 is 24.3 Å². The highest BCUT2D eigenvalue weighted by molar-refractivity contribution is 6.04. The van der Waals surface area contributed by atoms with Crippen LogP contribution in [0.15, 0.2) is 66.7 Å². The van der Waals surface area contributed by atoms with Gasteiger partial charge in [0.1, 0.15) is 18.5 Å². The molecule has 202 valence electrons. The Morgan fingerprint density at radius 1 is 0.846 bits per heavy atom. The van der Waals surface area contributed by atoms with Gasteiger partial charge in [-0.05, 0) is 54.8 Å². The van der Waals surface area contributed by atoms with E-state index >= 15 is 0 Å². The Hall–Kier alpha value is -4.27. The van der Waals surface area contributed by atoms with Crippen molar-refractivity contribution in [1.82, 2.24) is 5.32 Å². The zero-order valence-electron chi connectivity index (χ0n) is 21.3. The van der Waals surface area contributed by atoms with E-state index in [2.05, 4.69) is 5.32 Å². The second-order valence-electron chi connectivity index (χ2n) is 9.91. The molecular formula is C30H29FN2O6. The van der Waals surface area contributed by atoms with Crippen molar-refractivity contribution in [3.8, 4) is 23.0 Å². The molecule has 2 atom stereocenters. The van der Waals surface area contributed by atoms with Crippen molar-refractivity contribution >= 4 is 17.5 Å². The van der Waals surface area contributed by atoms with Gasteiger partial charge in [-0.1, -0.05) is 43.5 Å². The Morgan fingerprint density at radius 2 is 1.56 bits per heavy atom. The average molecular weight is 533 g/mol. The molecule has 39 heavy (non-hydrogen) atoms.